The van der Waals surface area contributed by atoms with Gasteiger partial charge in [0.2, 0.25) is 0 Å². The highest BCUT2D eigenvalue weighted by molar-refractivity contribution is 7.22. The fourth-order valence-corrected chi connectivity index (χ4v) is 4.61. The molecule has 0 aliphatic heterocycles. The van der Waals surface area contributed by atoms with Crippen molar-refractivity contribution in [2.75, 3.05) is 5.32 Å². The maximum atomic E-state index is 13.4. The maximum Gasteiger partial charge on any atom is 0.326 e. The molecule has 0 aliphatic rings. The number of halogens is 2. The number of nitrogens with zero attached hydrogens (tertiary/aromatic N) is 1. The number of hydrogen-bond acceptors (Lipinski definition) is 5. The quantitative estimate of drug-likeness (QED) is 0.277. The van der Waals surface area contributed by atoms with Crippen molar-refractivity contribution >= 4 is 55.8 Å². The van der Waals surface area contributed by atoms with Crippen LogP contribution in [0.5, 0.6) is 0 Å². The van der Waals surface area contributed by atoms with E-state index in [-0.39, 0.29) is 22.3 Å². The standard InChI is InChI=1S/C25H21ClFN3O3S/c1-13(2)22(24(32)33)30-23(31)18-9-5-15(11-19(18)26)14-3-7-17(8-4-14)28-25-29-20-10-6-16(27)12-21(20)34-25/h3-13,22H,1-2H3,(H,28,29)(H,30,31)(H,32,33)/t22-/m0/s1. The summed E-state index contributed by atoms with van der Waals surface area (Å²) in [7, 11) is 0. The van der Waals surface area contributed by atoms with Crippen LogP contribution in [0.15, 0.2) is 60.7 Å². The van der Waals surface area contributed by atoms with Gasteiger partial charge in [0.25, 0.3) is 5.91 Å². The number of carbonyl (C=O) groups excluding carboxylic acids is 1. The van der Waals surface area contributed by atoms with Crippen LogP contribution >= 0.6 is 22.9 Å². The van der Waals surface area contributed by atoms with Gasteiger partial charge in [-0.2, -0.15) is 0 Å². The molecule has 0 saturated heterocycles. The minimum atomic E-state index is -1.09. The fraction of sp³-hybridized carbons (Fsp3) is 0.160. The lowest BCUT2D eigenvalue weighted by Gasteiger charge is -2.18. The van der Waals surface area contributed by atoms with Gasteiger partial charge in [0.05, 0.1) is 20.8 Å². The Bertz CT molecular complexity index is 1370. The Kier molecular flexibility index (Phi) is 6.81. The summed E-state index contributed by atoms with van der Waals surface area (Å²) in [6.45, 7) is 3.44. The van der Waals surface area contributed by atoms with Crippen molar-refractivity contribution in [3.05, 3.63) is 77.1 Å². The van der Waals surface area contributed by atoms with E-state index in [0.717, 1.165) is 27.0 Å². The molecule has 0 bridgehead atoms. The predicted molar refractivity (Wildman–Crippen MR) is 133 cm³/mol. The van der Waals surface area contributed by atoms with Gasteiger partial charge in [-0.15, -0.1) is 0 Å². The summed E-state index contributed by atoms with van der Waals surface area (Å²) in [5.41, 5.74) is 3.45. The molecule has 4 rings (SSSR count). The van der Waals surface area contributed by atoms with Crippen LogP contribution in [-0.2, 0) is 4.79 Å². The monoisotopic (exact) mass is 497 g/mol. The van der Waals surface area contributed by atoms with Gasteiger partial charge in [0.1, 0.15) is 11.9 Å². The van der Waals surface area contributed by atoms with E-state index in [4.69, 9.17) is 11.6 Å². The van der Waals surface area contributed by atoms with Crippen LogP contribution < -0.4 is 10.6 Å². The van der Waals surface area contributed by atoms with Crippen molar-refractivity contribution in [3.8, 4) is 11.1 Å². The number of carbonyl (C=O) groups is 2. The Morgan fingerprint density at radius 1 is 1.03 bits per heavy atom. The summed E-state index contributed by atoms with van der Waals surface area (Å²) in [6.07, 6.45) is 0. The third-order valence-corrected chi connectivity index (χ3v) is 6.50. The Morgan fingerprint density at radius 2 is 1.74 bits per heavy atom. The first-order valence-corrected chi connectivity index (χ1v) is 11.7. The van der Waals surface area contributed by atoms with E-state index in [0.29, 0.717) is 5.13 Å². The number of carboxylic acid groups (broad SMARTS) is 1. The zero-order valence-electron chi connectivity index (χ0n) is 18.3. The van der Waals surface area contributed by atoms with Gasteiger partial charge < -0.3 is 15.7 Å². The predicted octanol–water partition coefficient (Wildman–Crippen LogP) is 6.34. The fourth-order valence-electron chi connectivity index (χ4n) is 3.43. The first-order chi connectivity index (χ1) is 16.2. The van der Waals surface area contributed by atoms with Crippen LogP contribution in [0.3, 0.4) is 0 Å². The molecule has 4 aromatic rings. The zero-order chi connectivity index (χ0) is 24.4. The number of aromatic nitrogens is 1. The minimum Gasteiger partial charge on any atom is -0.480 e. The van der Waals surface area contributed by atoms with Gasteiger partial charge in [0, 0.05) is 5.69 Å². The summed E-state index contributed by atoms with van der Waals surface area (Å²) >= 11 is 7.72. The van der Waals surface area contributed by atoms with Gasteiger partial charge in [-0.3, -0.25) is 4.79 Å². The van der Waals surface area contributed by atoms with E-state index in [1.807, 2.05) is 24.3 Å². The SMILES string of the molecule is CC(C)[C@H](NC(=O)c1ccc(-c2ccc(Nc3nc4ccc(F)cc4s3)cc2)cc1Cl)C(=O)O. The molecule has 1 atom stereocenters. The lowest BCUT2D eigenvalue weighted by Crippen LogP contribution is -2.44. The van der Waals surface area contributed by atoms with Crippen molar-refractivity contribution in [2.45, 2.75) is 19.9 Å². The Morgan fingerprint density at radius 3 is 2.38 bits per heavy atom. The van der Waals surface area contributed by atoms with Crippen molar-refractivity contribution < 1.29 is 19.1 Å². The molecule has 0 spiro atoms. The highest BCUT2D eigenvalue weighted by Crippen LogP contribution is 2.31. The number of fused-ring (bicyclic) bond motifs is 1. The average Bonchev–Trinajstić information content (AvgIpc) is 3.18. The zero-order valence-corrected chi connectivity index (χ0v) is 19.9. The van der Waals surface area contributed by atoms with Gasteiger partial charge in [-0.1, -0.05) is 55.0 Å². The lowest BCUT2D eigenvalue weighted by molar-refractivity contribution is -0.140. The van der Waals surface area contributed by atoms with E-state index in [1.54, 1.807) is 38.1 Å². The first-order valence-electron chi connectivity index (χ1n) is 10.5. The number of aliphatic carboxylic acids is 1. The smallest absolute Gasteiger partial charge is 0.326 e. The molecule has 1 aromatic heterocycles. The van der Waals surface area contributed by atoms with Crippen molar-refractivity contribution in [1.29, 1.82) is 0 Å². The molecule has 0 unspecified atom stereocenters. The van der Waals surface area contributed by atoms with Crippen LogP contribution in [-0.4, -0.2) is 28.0 Å². The first kappa shape index (κ1) is 23.7. The van der Waals surface area contributed by atoms with Gasteiger partial charge >= 0.3 is 5.97 Å². The minimum absolute atomic E-state index is 0.211. The number of rotatable bonds is 7. The summed E-state index contributed by atoms with van der Waals surface area (Å²) in [5, 5.41) is 15.9. The number of hydrogen-bond donors (Lipinski definition) is 3. The van der Waals surface area contributed by atoms with Gasteiger partial charge in [-0.25, -0.2) is 14.2 Å². The number of nitrogens with one attached hydrogen (secondary N) is 2. The largest absolute Gasteiger partial charge is 0.480 e. The molecule has 3 aromatic carbocycles. The van der Waals surface area contributed by atoms with Crippen LogP contribution in [0.1, 0.15) is 24.2 Å². The molecular weight excluding hydrogens is 477 g/mol. The van der Waals surface area contributed by atoms with E-state index in [9.17, 15) is 19.1 Å². The van der Waals surface area contributed by atoms with E-state index in [2.05, 4.69) is 15.6 Å². The number of anilines is 2. The summed E-state index contributed by atoms with van der Waals surface area (Å²) in [4.78, 5) is 28.4. The number of thiazole rings is 1. The third kappa shape index (κ3) is 5.18. The van der Waals surface area contributed by atoms with Crippen molar-refractivity contribution in [1.82, 2.24) is 10.3 Å². The van der Waals surface area contributed by atoms with E-state index < -0.39 is 17.9 Å². The molecule has 3 N–H and O–H groups in total. The summed E-state index contributed by atoms with van der Waals surface area (Å²) < 4.78 is 14.2. The molecular formula is C25H21ClFN3O3S. The molecule has 0 fully saturated rings. The third-order valence-electron chi connectivity index (χ3n) is 5.25. The second-order valence-electron chi connectivity index (χ2n) is 8.06. The van der Waals surface area contributed by atoms with E-state index >= 15 is 0 Å². The number of carboxylic acids is 1. The molecule has 34 heavy (non-hydrogen) atoms. The second kappa shape index (κ2) is 9.79. The molecule has 0 radical (unpaired) electrons. The van der Waals surface area contributed by atoms with Crippen molar-refractivity contribution in [3.63, 3.8) is 0 Å². The number of amides is 1. The Labute approximate surface area is 204 Å². The van der Waals surface area contributed by atoms with Crippen LogP contribution in [0.4, 0.5) is 15.2 Å². The second-order valence-corrected chi connectivity index (χ2v) is 9.50. The van der Waals surface area contributed by atoms with Crippen LogP contribution in [0.25, 0.3) is 21.3 Å². The molecule has 174 valence electrons. The van der Waals surface area contributed by atoms with Gasteiger partial charge in [-0.05, 0) is 59.5 Å². The van der Waals surface area contributed by atoms with Crippen LogP contribution in [0.2, 0.25) is 5.02 Å². The normalized spacial score (nSPS) is 12.0. The number of benzene rings is 3. The molecule has 6 nitrogen and oxygen atoms in total. The van der Waals surface area contributed by atoms with E-state index in [1.165, 1.54) is 23.5 Å². The van der Waals surface area contributed by atoms with Crippen LogP contribution in [0, 0.1) is 11.7 Å². The average molecular weight is 498 g/mol. The molecule has 1 amide bonds. The van der Waals surface area contributed by atoms with Gasteiger partial charge in [0.15, 0.2) is 5.13 Å². The molecule has 9 heteroatoms. The Balaban J connectivity index is 1.48. The summed E-state index contributed by atoms with van der Waals surface area (Å²) in [5.74, 6) is -2.19. The topological polar surface area (TPSA) is 91.3 Å². The highest BCUT2D eigenvalue weighted by Gasteiger charge is 2.25. The lowest BCUT2D eigenvalue weighted by atomic mass is 10.0. The molecule has 1 heterocycles. The summed E-state index contributed by atoms with van der Waals surface area (Å²) in [6, 6.07) is 16.1. The molecule has 0 saturated carbocycles. The maximum absolute atomic E-state index is 13.4. The van der Waals surface area contributed by atoms with Crippen molar-refractivity contribution in [2.24, 2.45) is 5.92 Å². The molecule has 0 aliphatic carbocycles. The highest BCUT2D eigenvalue weighted by atomic mass is 35.5. The Hall–Kier alpha value is -3.49.